The van der Waals surface area contributed by atoms with Crippen molar-refractivity contribution < 1.29 is 14.2 Å². The predicted molar refractivity (Wildman–Crippen MR) is 205 cm³/mol. The number of aromatic nitrogens is 1. The minimum absolute atomic E-state index is 0.286. The molecule has 3 aromatic carbocycles. The molecule has 0 aliphatic carbocycles. The molecule has 0 amide bonds. The largest absolute Gasteiger partial charge is 0.493 e. The predicted octanol–water partition coefficient (Wildman–Crippen LogP) is 9.68. The normalized spacial score (nSPS) is 16.8. The van der Waals surface area contributed by atoms with E-state index in [4.69, 9.17) is 25.8 Å². The molecular weight excluding hydrogens is 656 g/mol. The van der Waals surface area contributed by atoms with E-state index >= 15 is 0 Å². The fourth-order valence-electron chi connectivity index (χ4n) is 7.35. The van der Waals surface area contributed by atoms with Crippen molar-refractivity contribution in [2.75, 3.05) is 32.8 Å². The first-order valence-electron chi connectivity index (χ1n) is 18.6. The minimum atomic E-state index is 0.286. The molecule has 2 aliphatic rings. The van der Waals surface area contributed by atoms with E-state index in [1.54, 1.807) is 12.4 Å². The van der Waals surface area contributed by atoms with E-state index in [0.717, 1.165) is 72.0 Å². The molecule has 0 spiro atoms. The van der Waals surface area contributed by atoms with Crippen molar-refractivity contribution in [3.8, 4) is 34.4 Å². The topological polar surface area (TPSA) is 70.8 Å². The van der Waals surface area contributed by atoms with Crippen molar-refractivity contribution in [3.63, 3.8) is 0 Å². The lowest BCUT2D eigenvalue weighted by Crippen LogP contribution is -2.36. The maximum absolute atomic E-state index is 9.35. The van der Waals surface area contributed by atoms with Crippen molar-refractivity contribution in [1.82, 2.24) is 14.8 Å². The first-order chi connectivity index (χ1) is 24.9. The van der Waals surface area contributed by atoms with Crippen LogP contribution in [0.2, 0.25) is 5.02 Å². The number of pyridine rings is 1. The summed E-state index contributed by atoms with van der Waals surface area (Å²) in [5, 5.41) is 9.91. The summed E-state index contributed by atoms with van der Waals surface area (Å²) >= 11 is 6.92. The third-order valence-corrected chi connectivity index (χ3v) is 10.8. The van der Waals surface area contributed by atoms with Gasteiger partial charge in [0.1, 0.15) is 36.5 Å². The second-order valence-corrected chi connectivity index (χ2v) is 14.5. The lowest BCUT2D eigenvalue weighted by molar-refractivity contribution is 0.150. The first kappa shape index (κ1) is 36.7. The van der Waals surface area contributed by atoms with Gasteiger partial charge in [-0.05, 0) is 119 Å². The summed E-state index contributed by atoms with van der Waals surface area (Å²) in [4.78, 5) is 9.26. The zero-order valence-corrected chi connectivity index (χ0v) is 31.2. The van der Waals surface area contributed by atoms with Gasteiger partial charge in [0.25, 0.3) is 0 Å². The highest BCUT2D eigenvalue weighted by atomic mass is 35.5. The second-order valence-electron chi connectivity index (χ2n) is 14.1. The van der Waals surface area contributed by atoms with Gasteiger partial charge in [0.05, 0.1) is 17.2 Å². The number of likely N-dealkylation sites (tertiary alicyclic amines) is 2. The number of rotatable bonds is 14. The third kappa shape index (κ3) is 9.62. The Bertz CT molecular complexity index is 1820. The Morgan fingerprint density at radius 2 is 1.57 bits per heavy atom. The highest BCUT2D eigenvalue weighted by molar-refractivity contribution is 6.32. The van der Waals surface area contributed by atoms with Crippen LogP contribution in [0.4, 0.5) is 0 Å². The van der Waals surface area contributed by atoms with Crippen LogP contribution in [0.15, 0.2) is 67.0 Å². The van der Waals surface area contributed by atoms with Crippen LogP contribution in [0.5, 0.6) is 17.2 Å². The number of nitrogens with zero attached hydrogens (tertiary/aromatic N) is 4. The van der Waals surface area contributed by atoms with E-state index in [0.29, 0.717) is 29.0 Å². The van der Waals surface area contributed by atoms with Gasteiger partial charge in [0.2, 0.25) is 0 Å². The van der Waals surface area contributed by atoms with Gasteiger partial charge < -0.3 is 19.1 Å². The quantitative estimate of drug-likeness (QED) is 0.121. The SMILES string of the molecule is Cc1c(COc2cc(OCc3cncc(C#N)c3)c(CN3CCCC[C@H]3C)cc2Cl)cccc1-c1cccc(OCCCN2CCCCC2)c1C. The summed E-state index contributed by atoms with van der Waals surface area (Å²) < 4.78 is 19.2. The molecule has 8 heteroatoms. The lowest BCUT2D eigenvalue weighted by Gasteiger charge is -2.33. The highest BCUT2D eigenvalue weighted by Gasteiger charge is 2.22. The Morgan fingerprint density at radius 3 is 2.37 bits per heavy atom. The molecule has 0 saturated carbocycles. The maximum Gasteiger partial charge on any atom is 0.142 e. The maximum atomic E-state index is 9.35. The summed E-state index contributed by atoms with van der Waals surface area (Å²) in [5.41, 5.74) is 8.10. The second kappa shape index (κ2) is 17.9. The van der Waals surface area contributed by atoms with Crippen LogP contribution >= 0.6 is 11.6 Å². The van der Waals surface area contributed by atoms with Crippen molar-refractivity contribution in [2.24, 2.45) is 0 Å². The fourth-order valence-corrected chi connectivity index (χ4v) is 7.59. The molecule has 3 heterocycles. The van der Waals surface area contributed by atoms with Gasteiger partial charge in [-0.3, -0.25) is 9.88 Å². The van der Waals surface area contributed by atoms with Crippen LogP contribution in [0.3, 0.4) is 0 Å². The van der Waals surface area contributed by atoms with Gasteiger partial charge in [-0.1, -0.05) is 54.8 Å². The fraction of sp³-hybridized carbons (Fsp3) is 0.442. The molecule has 4 aromatic rings. The molecule has 6 rings (SSSR count). The smallest absolute Gasteiger partial charge is 0.142 e. The molecule has 2 saturated heterocycles. The standard InChI is InChI=1S/C43H51ClN4O3/c1-31-12-5-8-20-48(31)28-37-23-40(44)43(24-42(37)50-29-35-22-34(25-45)26-46-27-35)51-30-36-13-9-14-38(32(36)2)39-15-10-16-41(33(39)3)49-21-11-19-47-17-6-4-7-18-47/h9-10,13-16,22-24,26-27,31H,4-8,11-12,17-21,28-30H2,1-3H3/t31-/m1/s1. The van der Waals surface area contributed by atoms with Crippen molar-refractivity contribution in [1.29, 1.82) is 5.26 Å². The molecule has 2 aliphatic heterocycles. The monoisotopic (exact) mass is 706 g/mol. The van der Waals surface area contributed by atoms with E-state index in [1.807, 2.05) is 18.2 Å². The van der Waals surface area contributed by atoms with Gasteiger partial charge in [-0.2, -0.15) is 5.26 Å². The zero-order valence-electron chi connectivity index (χ0n) is 30.4. The molecule has 0 bridgehead atoms. The van der Waals surface area contributed by atoms with Gasteiger partial charge in [-0.15, -0.1) is 0 Å². The molecule has 268 valence electrons. The van der Waals surface area contributed by atoms with Gasteiger partial charge in [0, 0.05) is 48.7 Å². The van der Waals surface area contributed by atoms with E-state index in [1.165, 1.54) is 62.7 Å². The summed E-state index contributed by atoms with van der Waals surface area (Å²) in [6.45, 7) is 13.3. The van der Waals surface area contributed by atoms with Crippen molar-refractivity contribution in [3.05, 3.63) is 105 Å². The lowest BCUT2D eigenvalue weighted by atomic mass is 9.93. The Labute approximate surface area is 309 Å². The minimum Gasteiger partial charge on any atom is -0.493 e. The third-order valence-electron chi connectivity index (χ3n) is 10.5. The highest BCUT2D eigenvalue weighted by Crippen LogP contribution is 2.37. The van der Waals surface area contributed by atoms with E-state index < -0.39 is 0 Å². The van der Waals surface area contributed by atoms with Crippen molar-refractivity contribution in [2.45, 2.75) is 91.5 Å². The molecule has 2 fully saturated rings. The number of hydrogen-bond acceptors (Lipinski definition) is 7. The Hall–Kier alpha value is -4.09. The Morgan fingerprint density at radius 1 is 0.804 bits per heavy atom. The molecule has 0 unspecified atom stereocenters. The van der Waals surface area contributed by atoms with Gasteiger partial charge in [-0.25, -0.2) is 0 Å². The van der Waals surface area contributed by atoms with Crippen LogP contribution in [0, 0.1) is 25.2 Å². The molecule has 7 nitrogen and oxygen atoms in total. The summed E-state index contributed by atoms with van der Waals surface area (Å²) in [6, 6.07) is 21.1. The number of piperidine rings is 2. The van der Waals surface area contributed by atoms with Crippen LogP contribution in [0.25, 0.3) is 11.1 Å². The van der Waals surface area contributed by atoms with Crippen LogP contribution in [0.1, 0.15) is 85.3 Å². The Balaban J connectivity index is 1.17. The number of hydrogen-bond donors (Lipinski definition) is 0. The number of halogens is 1. The van der Waals surface area contributed by atoms with E-state index in [2.05, 4.69) is 78.0 Å². The molecule has 0 radical (unpaired) electrons. The molecular formula is C43H51ClN4O3. The molecule has 1 aromatic heterocycles. The van der Waals surface area contributed by atoms with Crippen LogP contribution in [-0.2, 0) is 19.8 Å². The first-order valence-corrected chi connectivity index (χ1v) is 19.0. The molecule has 1 atom stereocenters. The average molecular weight is 707 g/mol. The molecule has 51 heavy (non-hydrogen) atoms. The number of benzene rings is 3. The van der Waals surface area contributed by atoms with Crippen molar-refractivity contribution >= 4 is 11.6 Å². The zero-order chi connectivity index (χ0) is 35.6. The van der Waals surface area contributed by atoms with Crippen LogP contribution in [-0.4, -0.2) is 53.6 Å². The number of ether oxygens (including phenoxy) is 3. The average Bonchev–Trinajstić information content (AvgIpc) is 3.15. The summed E-state index contributed by atoms with van der Waals surface area (Å²) in [6.07, 6.45) is 12.0. The van der Waals surface area contributed by atoms with Gasteiger partial charge >= 0.3 is 0 Å². The summed E-state index contributed by atoms with van der Waals surface area (Å²) in [5.74, 6) is 2.25. The Kier molecular flexibility index (Phi) is 12.9. The van der Waals surface area contributed by atoms with Crippen LogP contribution < -0.4 is 14.2 Å². The molecule has 0 N–H and O–H groups in total. The van der Waals surface area contributed by atoms with E-state index in [9.17, 15) is 5.26 Å². The van der Waals surface area contributed by atoms with Gasteiger partial charge in [0.15, 0.2) is 0 Å². The van der Waals surface area contributed by atoms with E-state index in [-0.39, 0.29) is 6.61 Å². The number of nitriles is 1. The summed E-state index contributed by atoms with van der Waals surface area (Å²) in [7, 11) is 0.